The molecule has 0 aliphatic rings. The molecule has 0 aliphatic heterocycles. The van der Waals surface area contributed by atoms with E-state index in [1.54, 1.807) is 0 Å². The highest BCUT2D eigenvalue weighted by atomic mass is 16.2. The van der Waals surface area contributed by atoms with Crippen LogP contribution in [-0.2, 0) is 15.0 Å². The fraction of sp³-hybridized carbons (Fsp3) is 0.667. The lowest BCUT2D eigenvalue weighted by Crippen LogP contribution is -2.20. The van der Waals surface area contributed by atoms with Crippen molar-refractivity contribution in [3.63, 3.8) is 0 Å². The SMILES string of the molecule is CC(=O)NCCCCCC(=O)Nc1cc(C(C)(C)C)[nH]n1. The normalized spacial score (nSPS) is 11.2. The predicted molar refractivity (Wildman–Crippen MR) is 83.1 cm³/mol. The molecule has 6 heteroatoms. The molecule has 0 saturated carbocycles. The Bertz CT molecular complexity index is 474. The van der Waals surface area contributed by atoms with E-state index in [1.165, 1.54) is 6.92 Å². The van der Waals surface area contributed by atoms with Crippen molar-refractivity contribution in [1.82, 2.24) is 15.5 Å². The Morgan fingerprint density at radius 2 is 1.95 bits per heavy atom. The second-order valence-corrected chi connectivity index (χ2v) is 6.26. The Kier molecular flexibility index (Phi) is 6.39. The van der Waals surface area contributed by atoms with Gasteiger partial charge in [0.1, 0.15) is 0 Å². The molecule has 2 amide bonds. The summed E-state index contributed by atoms with van der Waals surface area (Å²) < 4.78 is 0. The van der Waals surface area contributed by atoms with E-state index in [4.69, 9.17) is 0 Å². The van der Waals surface area contributed by atoms with Crippen LogP contribution in [0.3, 0.4) is 0 Å². The number of amides is 2. The van der Waals surface area contributed by atoms with Crippen LogP contribution in [0.25, 0.3) is 0 Å². The standard InChI is InChI=1S/C15H26N4O2/c1-11(20)16-9-7-5-6-8-14(21)17-13-10-12(18-19-13)15(2,3)4/h10H,5-9H2,1-4H3,(H,16,20)(H2,17,18,19,21). The van der Waals surface area contributed by atoms with Crippen molar-refractivity contribution in [2.75, 3.05) is 11.9 Å². The first-order valence-corrected chi connectivity index (χ1v) is 7.39. The number of nitrogens with zero attached hydrogens (tertiary/aromatic N) is 1. The van der Waals surface area contributed by atoms with E-state index < -0.39 is 0 Å². The molecular formula is C15H26N4O2. The van der Waals surface area contributed by atoms with Crippen molar-refractivity contribution in [3.05, 3.63) is 11.8 Å². The number of nitrogens with one attached hydrogen (secondary N) is 3. The average Bonchev–Trinajstić information content (AvgIpc) is 2.81. The summed E-state index contributed by atoms with van der Waals surface area (Å²) >= 11 is 0. The van der Waals surface area contributed by atoms with Gasteiger partial charge in [-0.05, 0) is 12.8 Å². The van der Waals surface area contributed by atoms with Gasteiger partial charge in [0.2, 0.25) is 11.8 Å². The van der Waals surface area contributed by atoms with Crippen LogP contribution in [0.4, 0.5) is 5.82 Å². The summed E-state index contributed by atoms with van der Waals surface area (Å²) in [6, 6.07) is 1.87. The summed E-state index contributed by atoms with van der Waals surface area (Å²) in [5.74, 6) is 0.533. The van der Waals surface area contributed by atoms with E-state index >= 15 is 0 Å². The molecule has 0 spiro atoms. The first-order chi connectivity index (χ1) is 9.79. The zero-order valence-electron chi connectivity index (χ0n) is 13.4. The maximum absolute atomic E-state index is 11.8. The molecule has 118 valence electrons. The zero-order chi connectivity index (χ0) is 15.9. The lowest BCUT2D eigenvalue weighted by Gasteiger charge is -2.14. The molecule has 0 atom stereocenters. The van der Waals surface area contributed by atoms with E-state index in [1.807, 2.05) is 6.07 Å². The number of aromatic amines is 1. The summed E-state index contributed by atoms with van der Waals surface area (Å²) in [7, 11) is 0. The predicted octanol–water partition coefficient (Wildman–Crippen LogP) is 2.34. The van der Waals surface area contributed by atoms with Crippen molar-refractivity contribution in [3.8, 4) is 0 Å². The molecule has 0 fully saturated rings. The van der Waals surface area contributed by atoms with E-state index in [0.717, 1.165) is 25.0 Å². The molecule has 1 aromatic rings. The molecule has 0 saturated heterocycles. The fourth-order valence-corrected chi connectivity index (χ4v) is 1.83. The van der Waals surface area contributed by atoms with Gasteiger partial charge < -0.3 is 10.6 Å². The molecule has 1 rings (SSSR count). The third-order valence-corrected chi connectivity index (χ3v) is 3.11. The average molecular weight is 294 g/mol. The summed E-state index contributed by atoms with van der Waals surface area (Å²) in [5.41, 5.74) is 0.979. The number of aromatic nitrogens is 2. The molecule has 0 aliphatic carbocycles. The van der Waals surface area contributed by atoms with Crippen LogP contribution < -0.4 is 10.6 Å². The van der Waals surface area contributed by atoms with Gasteiger partial charge in [-0.1, -0.05) is 27.2 Å². The van der Waals surface area contributed by atoms with Gasteiger partial charge in [0.05, 0.1) is 0 Å². The monoisotopic (exact) mass is 294 g/mol. The molecule has 3 N–H and O–H groups in total. The van der Waals surface area contributed by atoms with Crippen molar-refractivity contribution in [2.45, 2.75) is 58.8 Å². The molecule has 0 aromatic carbocycles. The third kappa shape index (κ3) is 6.92. The molecule has 1 heterocycles. The molecule has 0 unspecified atom stereocenters. The lowest BCUT2D eigenvalue weighted by atomic mass is 9.92. The number of rotatable bonds is 7. The van der Waals surface area contributed by atoms with E-state index in [-0.39, 0.29) is 17.2 Å². The molecule has 6 nitrogen and oxygen atoms in total. The highest BCUT2D eigenvalue weighted by molar-refractivity contribution is 5.89. The first-order valence-electron chi connectivity index (χ1n) is 7.39. The van der Waals surface area contributed by atoms with Crippen LogP contribution in [0.2, 0.25) is 0 Å². The van der Waals surface area contributed by atoms with Crippen LogP contribution >= 0.6 is 0 Å². The molecule has 0 radical (unpaired) electrons. The summed E-state index contributed by atoms with van der Waals surface area (Å²) in [6.07, 6.45) is 3.09. The van der Waals surface area contributed by atoms with Gasteiger partial charge in [0.25, 0.3) is 0 Å². The number of H-pyrrole nitrogens is 1. The van der Waals surface area contributed by atoms with Gasteiger partial charge >= 0.3 is 0 Å². The minimum atomic E-state index is -0.0264. The second-order valence-electron chi connectivity index (χ2n) is 6.26. The lowest BCUT2D eigenvalue weighted by molar-refractivity contribution is -0.119. The maximum atomic E-state index is 11.8. The first kappa shape index (κ1) is 17.2. The third-order valence-electron chi connectivity index (χ3n) is 3.11. The Hall–Kier alpha value is -1.85. The second kappa shape index (κ2) is 7.81. The highest BCUT2D eigenvalue weighted by Gasteiger charge is 2.17. The Labute approximate surface area is 126 Å². The zero-order valence-corrected chi connectivity index (χ0v) is 13.4. The number of hydrogen-bond donors (Lipinski definition) is 3. The Balaban J connectivity index is 2.22. The minimum Gasteiger partial charge on any atom is -0.356 e. The number of carbonyl (C=O) groups excluding carboxylic acids is 2. The van der Waals surface area contributed by atoms with Crippen LogP contribution in [-0.4, -0.2) is 28.6 Å². The van der Waals surface area contributed by atoms with Gasteiger partial charge in [-0.15, -0.1) is 0 Å². The number of unbranched alkanes of at least 4 members (excludes halogenated alkanes) is 2. The molecule has 21 heavy (non-hydrogen) atoms. The van der Waals surface area contributed by atoms with Crippen molar-refractivity contribution in [2.24, 2.45) is 0 Å². The summed E-state index contributed by atoms with van der Waals surface area (Å²) in [5, 5.41) is 12.6. The van der Waals surface area contributed by atoms with Gasteiger partial charge in [0.15, 0.2) is 5.82 Å². The highest BCUT2D eigenvalue weighted by Crippen LogP contribution is 2.21. The topological polar surface area (TPSA) is 86.9 Å². The van der Waals surface area contributed by atoms with E-state index in [0.29, 0.717) is 18.8 Å². The summed E-state index contributed by atoms with van der Waals surface area (Å²) in [6.45, 7) is 8.43. The van der Waals surface area contributed by atoms with Crippen molar-refractivity contribution < 1.29 is 9.59 Å². The summed E-state index contributed by atoms with van der Waals surface area (Å²) in [4.78, 5) is 22.5. The smallest absolute Gasteiger partial charge is 0.225 e. The van der Waals surface area contributed by atoms with Gasteiger partial charge in [0, 0.05) is 37.1 Å². The van der Waals surface area contributed by atoms with Crippen LogP contribution in [0.1, 0.15) is 59.1 Å². The quantitative estimate of drug-likeness (QED) is 0.675. The van der Waals surface area contributed by atoms with Gasteiger partial charge in [-0.2, -0.15) is 5.10 Å². The van der Waals surface area contributed by atoms with Crippen LogP contribution in [0.15, 0.2) is 6.07 Å². The van der Waals surface area contributed by atoms with Crippen LogP contribution in [0.5, 0.6) is 0 Å². The molecular weight excluding hydrogens is 268 g/mol. The van der Waals surface area contributed by atoms with Crippen molar-refractivity contribution >= 4 is 17.6 Å². The van der Waals surface area contributed by atoms with Gasteiger partial charge in [-0.3, -0.25) is 14.7 Å². The Morgan fingerprint density at radius 1 is 1.24 bits per heavy atom. The fourth-order valence-electron chi connectivity index (χ4n) is 1.83. The molecule has 0 bridgehead atoms. The Morgan fingerprint density at radius 3 is 2.52 bits per heavy atom. The van der Waals surface area contributed by atoms with E-state index in [2.05, 4.69) is 41.6 Å². The van der Waals surface area contributed by atoms with Crippen LogP contribution in [0, 0.1) is 0 Å². The maximum Gasteiger partial charge on any atom is 0.225 e. The molecule has 1 aromatic heterocycles. The van der Waals surface area contributed by atoms with E-state index in [9.17, 15) is 9.59 Å². The van der Waals surface area contributed by atoms with Crippen molar-refractivity contribution in [1.29, 1.82) is 0 Å². The largest absolute Gasteiger partial charge is 0.356 e. The number of carbonyl (C=O) groups is 2. The number of hydrogen-bond acceptors (Lipinski definition) is 3. The van der Waals surface area contributed by atoms with Gasteiger partial charge in [-0.25, -0.2) is 0 Å². The minimum absolute atomic E-state index is 0.0130. The number of anilines is 1.